The fourth-order valence-electron chi connectivity index (χ4n) is 4.50. The van der Waals surface area contributed by atoms with Crippen LogP contribution in [0.4, 0.5) is 5.69 Å². The molecule has 160 valence electrons. The van der Waals surface area contributed by atoms with Crippen LogP contribution in [0.15, 0.2) is 21.5 Å². The second-order valence-corrected chi connectivity index (χ2v) is 11.4. The normalized spacial score (nSPS) is 21.9. The molecule has 0 N–H and O–H groups in total. The molecule has 1 saturated heterocycles. The van der Waals surface area contributed by atoms with E-state index in [0.29, 0.717) is 54.5 Å². The molecule has 2 aliphatic rings. The van der Waals surface area contributed by atoms with E-state index in [1.54, 1.807) is 22.8 Å². The molecule has 0 saturated carbocycles. The zero-order valence-electron chi connectivity index (χ0n) is 17.3. The van der Waals surface area contributed by atoms with E-state index in [-0.39, 0.29) is 28.9 Å². The van der Waals surface area contributed by atoms with Crippen LogP contribution in [0.1, 0.15) is 45.6 Å². The number of likely N-dealkylation sites (tertiary alicyclic amines) is 1. The monoisotopic (exact) mass is 484 g/mol. The van der Waals surface area contributed by atoms with Crippen LogP contribution >= 0.6 is 15.9 Å². The number of anilines is 1. The first-order valence-corrected chi connectivity index (χ1v) is 12.7. The van der Waals surface area contributed by atoms with Crippen molar-refractivity contribution >= 4 is 43.3 Å². The Morgan fingerprint density at radius 2 is 1.79 bits per heavy atom. The van der Waals surface area contributed by atoms with Crippen molar-refractivity contribution in [2.24, 2.45) is 11.8 Å². The molecule has 1 aromatic carbocycles. The van der Waals surface area contributed by atoms with Crippen molar-refractivity contribution in [3.8, 4) is 0 Å². The molecular formula is C21H29BrN2O4S. The van der Waals surface area contributed by atoms with Gasteiger partial charge in [-0.25, -0.2) is 8.42 Å². The van der Waals surface area contributed by atoms with Gasteiger partial charge in [0.25, 0.3) is 0 Å². The molecule has 0 radical (unpaired) electrons. The number of piperidine rings is 1. The molecule has 3 rings (SSSR count). The number of carbonyl (C=O) groups excluding carboxylic acids is 2. The Morgan fingerprint density at radius 3 is 2.41 bits per heavy atom. The van der Waals surface area contributed by atoms with Gasteiger partial charge in [-0.1, -0.05) is 36.7 Å². The highest BCUT2D eigenvalue weighted by Gasteiger charge is 2.33. The fraction of sp³-hybridized carbons (Fsp3) is 0.619. The molecule has 2 aliphatic heterocycles. The van der Waals surface area contributed by atoms with Gasteiger partial charge >= 0.3 is 0 Å². The maximum absolute atomic E-state index is 13.2. The van der Waals surface area contributed by atoms with Gasteiger partial charge < -0.3 is 9.80 Å². The third-order valence-corrected chi connectivity index (χ3v) is 7.92. The molecule has 2 amide bonds. The van der Waals surface area contributed by atoms with Crippen LogP contribution in [-0.4, -0.2) is 50.5 Å². The SMILES string of the molecule is CCC(=O)N1CCc2cc(Br)cc(S(=O)(=O)CCC(=O)N3CC(C)CC(C)C3)c21. The Morgan fingerprint density at radius 1 is 1.14 bits per heavy atom. The first-order valence-electron chi connectivity index (χ1n) is 10.3. The van der Waals surface area contributed by atoms with E-state index in [0.717, 1.165) is 12.0 Å². The lowest BCUT2D eigenvalue weighted by atomic mass is 9.92. The number of sulfone groups is 1. The lowest BCUT2D eigenvalue weighted by Gasteiger charge is -2.35. The van der Waals surface area contributed by atoms with Gasteiger partial charge in [0.2, 0.25) is 11.8 Å². The van der Waals surface area contributed by atoms with Gasteiger partial charge in [-0.05, 0) is 42.4 Å². The van der Waals surface area contributed by atoms with Crippen LogP contribution in [0, 0.1) is 11.8 Å². The van der Waals surface area contributed by atoms with Crippen LogP contribution in [0.2, 0.25) is 0 Å². The molecule has 2 atom stereocenters. The minimum atomic E-state index is -3.71. The Bertz CT molecular complexity index is 906. The molecular weight excluding hydrogens is 456 g/mol. The number of rotatable bonds is 5. The Hall–Kier alpha value is -1.41. The average molecular weight is 485 g/mol. The molecule has 0 aromatic heterocycles. The van der Waals surface area contributed by atoms with Crippen LogP contribution < -0.4 is 4.90 Å². The smallest absolute Gasteiger partial charge is 0.226 e. The topological polar surface area (TPSA) is 74.8 Å². The van der Waals surface area contributed by atoms with E-state index in [4.69, 9.17) is 0 Å². The van der Waals surface area contributed by atoms with Crippen molar-refractivity contribution in [1.82, 2.24) is 4.90 Å². The van der Waals surface area contributed by atoms with Crippen molar-refractivity contribution in [3.63, 3.8) is 0 Å². The molecule has 8 heteroatoms. The van der Waals surface area contributed by atoms with E-state index in [1.165, 1.54) is 0 Å². The Kier molecular flexibility index (Phi) is 6.73. The second-order valence-electron chi connectivity index (χ2n) is 8.37. The highest BCUT2D eigenvalue weighted by molar-refractivity contribution is 9.10. The number of hydrogen-bond acceptors (Lipinski definition) is 4. The van der Waals surface area contributed by atoms with Gasteiger partial charge in [-0.3, -0.25) is 9.59 Å². The summed E-state index contributed by atoms with van der Waals surface area (Å²) in [7, 11) is -3.71. The molecule has 29 heavy (non-hydrogen) atoms. The summed E-state index contributed by atoms with van der Waals surface area (Å²) in [6.45, 7) is 7.88. The van der Waals surface area contributed by atoms with Gasteiger partial charge in [0.05, 0.1) is 16.3 Å². The van der Waals surface area contributed by atoms with Crippen molar-refractivity contribution in [1.29, 1.82) is 0 Å². The van der Waals surface area contributed by atoms with Crippen molar-refractivity contribution < 1.29 is 18.0 Å². The zero-order valence-corrected chi connectivity index (χ0v) is 19.7. The maximum atomic E-state index is 13.2. The fourth-order valence-corrected chi connectivity index (χ4v) is 6.67. The van der Waals surface area contributed by atoms with E-state index >= 15 is 0 Å². The summed E-state index contributed by atoms with van der Waals surface area (Å²) >= 11 is 3.39. The summed E-state index contributed by atoms with van der Waals surface area (Å²) in [6, 6.07) is 3.43. The highest BCUT2D eigenvalue weighted by atomic mass is 79.9. The van der Waals surface area contributed by atoms with E-state index in [1.807, 2.05) is 6.07 Å². The summed E-state index contributed by atoms with van der Waals surface area (Å²) in [6.07, 6.45) is 2.00. The number of fused-ring (bicyclic) bond motifs is 1. The molecule has 1 aromatic rings. The Labute approximate surface area is 181 Å². The van der Waals surface area contributed by atoms with Crippen LogP contribution in [0.25, 0.3) is 0 Å². The largest absolute Gasteiger partial charge is 0.342 e. The maximum Gasteiger partial charge on any atom is 0.226 e. The van der Waals surface area contributed by atoms with Gasteiger partial charge in [0.1, 0.15) is 0 Å². The molecule has 2 heterocycles. The molecule has 2 unspecified atom stereocenters. The van der Waals surface area contributed by atoms with Gasteiger partial charge in [0, 0.05) is 36.9 Å². The van der Waals surface area contributed by atoms with E-state index in [2.05, 4.69) is 29.8 Å². The lowest BCUT2D eigenvalue weighted by Crippen LogP contribution is -2.43. The Balaban J connectivity index is 1.81. The molecule has 1 fully saturated rings. The lowest BCUT2D eigenvalue weighted by molar-refractivity contribution is -0.133. The average Bonchev–Trinajstić information content (AvgIpc) is 3.07. The van der Waals surface area contributed by atoms with Crippen LogP contribution in [0.5, 0.6) is 0 Å². The van der Waals surface area contributed by atoms with Gasteiger partial charge in [-0.15, -0.1) is 0 Å². The highest BCUT2D eigenvalue weighted by Crippen LogP contribution is 2.38. The van der Waals surface area contributed by atoms with E-state index < -0.39 is 9.84 Å². The van der Waals surface area contributed by atoms with Crippen molar-refractivity contribution in [2.45, 2.75) is 51.3 Å². The summed E-state index contributed by atoms with van der Waals surface area (Å²) in [5, 5.41) is 0. The first kappa shape index (κ1) is 22.3. The van der Waals surface area contributed by atoms with Crippen LogP contribution in [0.3, 0.4) is 0 Å². The third kappa shape index (κ3) is 4.85. The van der Waals surface area contributed by atoms with Gasteiger partial charge in [0.15, 0.2) is 9.84 Å². The quantitative estimate of drug-likeness (QED) is 0.641. The minimum absolute atomic E-state index is 0.0369. The van der Waals surface area contributed by atoms with Gasteiger partial charge in [-0.2, -0.15) is 0 Å². The van der Waals surface area contributed by atoms with Crippen molar-refractivity contribution in [3.05, 3.63) is 22.2 Å². The minimum Gasteiger partial charge on any atom is -0.342 e. The second kappa shape index (κ2) is 8.76. The van der Waals surface area contributed by atoms with Crippen molar-refractivity contribution in [2.75, 3.05) is 30.3 Å². The number of amides is 2. The first-order chi connectivity index (χ1) is 13.6. The zero-order chi connectivity index (χ0) is 21.3. The summed E-state index contributed by atoms with van der Waals surface area (Å²) in [4.78, 5) is 28.5. The third-order valence-electron chi connectivity index (χ3n) is 5.74. The predicted octanol–water partition coefficient (Wildman–Crippen LogP) is 3.42. The number of nitrogens with zero attached hydrogens (tertiary/aromatic N) is 2. The standard InChI is InChI=1S/C21H29BrN2O4S/c1-4-19(25)24-7-5-16-10-17(22)11-18(21(16)24)29(27,28)8-6-20(26)23-12-14(2)9-15(3)13-23/h10-11,14-15H,4-9,12-13H2,1-3H3. The summed E-state index contributed by atoms with van der Waals surface area (Å²) in [5.41, 5.74) is 1.34. The predicted molar refractivity (Wildman–Crippen MR) is 117 cm³/mol. The summed E-state index contributed by atoms with van der Waals surface area (Å²) < 4.78 is 27.0. The number of halogens is 1. The molecule has 0 spiro atoms. The number of benzene rings is 1. The van der Waals surface area contributed by atoms with Crippen LogP contribution in [-0.2, 0) is 25.8 Å². The molecule has 0 aliphatic carbocycles. The summed E-state index contributed by atoms with van der Waals surface area (Å²) in [5.74, 6) is 0.417. The van der Waals surface area contributed by atoms with E-state index in [9.17, 15) is 18.0 Å². The number of carbonyl (C=O) groups is 2. The number of hydrogen-bond donors (Lipinski definition) is 0. The molecule has 0 bridgehead atoms. The molecule has 6 nitrogen and oxygen atoms in total.